The van der Waals surface area contributed by atoms with E-state index >= 15 is 0 Å². The third kappa shape index (κ3) is 5.32. The zero-order chi connectivity index (χ0) is 21.5. The number of rotatable bonds is 8. The monoisotopic (exact) mass is 413 g/mol. The van der Waals surface area contributed by atoms with Crippen LogP contribution in [-0.2, 0) is 16.0 Å². The summed E-state index contributed by atoms with van der Waals surface area (Å²) in [6, 6.07) is 12.8. The lowest BCUT2D eigenvalue weighted by atomic mass is 10.1. The molecule has 156 valence electrons. The molecular formula is C20H21F4N2O3+. The second-order valence-corrected chi connectivity index (χ2v) is 6.18. The molecule has 5 nitrogen and oxygen atoms in total. The molecule has 0 fully saturated rings. The van der Waals surface area contributed by atoms with Gasteiger partial charge < -0.3 is 10.1 Å². The summed E-state index contributed by atoms with van der Waals surface area (Å²) in [6.45, 7) is 0.727. The highest BCUT2D eigenvalue weighted by molar-refractivity contribution is 5.97. The summed E-state index contributed by atoms with van der Waals surface area (Å²) in [6.07, 6.45) is -5.26. The first-order valence-electron chi connectivity index (χ1n) is 8.90. The summed E-state index contributed by atoms with van der Waals surface area (Å²) >= 11 is 0. The summed E-state index contributed by atoms with van der Waals surface area (Å²) in [4.78, 5) is 24.7. The Morgan fingerprint density at radius 3 is 2.24 bits per heavy atom. The van der Waals surface area contributed by atoms with Crippen LogP contribution in [-0.4, -0.2) is 36.9 Å². The van der Waals surface area contributed by atoms with Gasteiger partial charge in [0.15, 0.2) is 0 Å². The van der Waals surface area contributed by atoms with Gasteiger partial charge in [0.2, 0.25) is 0 Å². The van der Waals surface area contributed by atoms with E-state index in [1.165, 1.54) is 49.4 Å². The van der Waals surface area contributed by atoms with Crippen molar-refractivity contribution >= 4 is 11.9 Å². The molecule has 0 aliphatic rings. The zero-order valence-corrected chi connectivity index (χ0v) is 15.6. The normalized spacial score (nSPS) is 13.4. The molecule has 0 heterocycles. The molecule has 0 radical (unpaired) electrons. The minimum atomic E-state index is -5.17. The average Bonchev–Trinajstić information content (AvgIpc) is 2.68. The van der Waals surface area contributed by atoms with Crippen LogP contribution in [0.3, 0.4) is 0 Å². The summed E-state index contributed by atoms with van der Waals surface area (Å²) in [7, 11) is 0. The molecule has 2 aromatic rings. The first kappa shape index (κ1) is 22.4. The number of esters is 1. The van der Waals surface area contributed by atoms with Crippen molar-refractivity contribution in [1.82, 2.24) is 5.32 Å². The van der Waals surface area contributed by atoms with Crippen LogP contribution < -0.4 is 10.6 Å². The van der Waals surface area contributed by atoms with Crippen molar-refractivity contribution in [3.63, 3.8) is 0 Å². The van der Waals surface area contributed by atoms with Crippen molar-refractivity contribution in [1.29, 1.82) is 0 Å². The maximum Gasteiger partial charge on any atom is 0.478 e. The third-order valence-corrected chi connectivity index (χ3v) is 4.21. The number of nitrogens with one attached hydrogen (secondary N) is 1. The number of benzene rings is 2. The van der Waals surface area contributed by atoms with E-state index in [9.17, 15) is 27.2 Å². The summed E-state index contributed by atoms with van der Waals surface area (Å²) < 4.78 is 60.4. The molecule has 2 aromatic carbocycles. The molecule has 3 N–H and O–H groups in total. The minimum absolute atomic E-state index is 0.0482. The number of hydrogen-bond acceptors (Lipinski definition) is 3. The second kappa shape index (κ2) is 9.51. The Morgan fingerprint density at radius 1 is 1.03 bits per heavy atom. The van der Waals surface area contributed by atoms with Crippen molar-refractivity contribution in [2.45, 2.75) is 25.2 Å². The molecule has 0 aliphatic carbocycles. The number of nitrogens with two attached hydrogens (primary N) is 1. The standard InChI is InChI=1S/C20H20F4N2O3/c1-2-29-18(28)19(20(22,23)24,26-17(27)15-9-4-3-5-10-15)25-13-12-14-8-6-7-11-16(14)21/h3-11,25H,2,12-13H2,1H3,(H,26,27)/p+1/t19-/m0/s1. The van der Waals surface area contributed by atoms with Gasteiger partial charge in [-0.15, -0.1) is 0 Å². The number of halogens is 4. The first-order valence-corrected chi connectivity index (χ1v) is 8.90. The predicted molar refractivity (Wildman–Crippen MR) is 96.2 cm³/mol. The predicted octanol–water partition coefficient (Wildman–Crippen LogP) is 2.18. The fourth-order valence-corrected chi connectivity index (χ4v) is 2.72. The van der Waals surface area contributed by atoms with E-state index in [-0.39, 0.29) is 30.7 Å². The highest BCUT2D eigenvalue weighted by Gasteiger charge is 2.67. The molecule has 0 saturated carbocycles. The number of alkyl halides is 3. The van der Waals surface area contributed by atoms with Crippen molar-refractivity contribution < 1.29 is 37.2 Å². The Labute approximate surface area is 165 Å². The molecule has 9 heteroatoms. The topological polar surface area (TPSA) is 72.0 Å². The van der Waals surface area contributed by atoms with Gasteiger partial charge >= 0.3 is 17.8 Å². The second-order valence-electron chi connectivity index (χ2n) is 6.18. The molecule has 0 saturated heterocycles. The molecular weight excluding hydrogens is 392 g/mol. The van der Waals surface area contributed by atoms with Gasteiger partial charge in [0, 0.05) is 12.0 Å². The number of hydrogen-bond donors (Lipinski definition) is 2. The lowest BCUT2D eigenvalue weighted by molar-refractivity contribution is -0.743. The van der Waals surface area contributed by atoms with E-state index in [0.717, 1.165) is 0 Å². The van der Waals surface area contributed by atoms with Crippen LogP contribution >= 0.6 is 0 Å². The van der Waals surface area contributed by atoms with E-state index in [1.807, 2.05) is 0 Å². The number of amides is 1. The Kier molecular flexibility index (Phi) is 7.33. The van der Waals surface area contributed by atoms with Crippen molar-refractivity contribution in [2.24, 2.45) is 0 Å². The molecule has 1 amide bonds. The number of quaternary nitrogens is 1. The largest absolute Gasteiger partial charge is 0.478 e. The molecule has 0 aromatic heterocycles. The molecule has 0 aliphatic heterocycles. The molecule has 2 rings (SSSR count). The van der Waals surface area contributed by atoms with Gasteiger partial charge in [-0.25, -0.2) is 9.18 Å². The first-order chi connectivity index (χ1) is 13.7. The molecule has 0 spiro atoms. The third-order valence-electron chi connectivity index (χ3n) is 4.21. The fourth-order valence-electron chi connectivity index (χ4n) is 2.72. The van der Waals surface area contributed by atoms with E-state index < -0.39 is 29.5 Å². The van der Waals surface area contributed by atoms with Crippen LogP contribution in [0.1, 0.15) is 22.8 Å². The highest BCUT2D eigenvalue weighted by atomic mass is 19.4. The maximum absolute atomic E-state index is 14.0. The van der Waals surface area contributed by atoms with Crippen molar-refractivity contribution in [3.05, 3.63) is 71.5 Å². The quantitative estimate of drug-likeness (QED) is 0.396. The van der Waals surface area contributed by atoms with Crippen LogP contribution in [0.2, 0.25) is 0 Å². The van der Waals surface area contributed by atoms with E-state index in [1.54, 1.807) is 17.4 Å². The Balaban J connectivity index is 2.31. The van der Waals surface area contributed by atoms with Gasteiger partial charge in [-0.05, 0) is 30.7 Å². The minimum Gasteiger partial charge on any atom is -0.460 e. The van der Waals surface area contributed by atoms with E-state index in [4.69, 9.17) is 0 Å². The Hall–Kier alpha value is -2.94. The fraction of sp³-hybridized carbons (Fsp3) is 0.300. The molecule has 0 unspecified atom stereocenters. The van der Waals surface area contributed by atoms with Crippen molar-refractivity contribution in [3.8, 4) is 0 Å². The van der Waals surface area contributed by atoms with Gasteiger partial charge in [-0.2, -0.15) is 13.2 Å². The summed E-state index contributed by atoms with van der Waals surface area (Å²) in [5.74, 6) is -3.30. The lowest BCUT2D eigenvalue weighted by Gasteiger charge is -2.31. The van der Waals surface area contributed by atoms with Crippen LogP contribution in [0.4, 0.5) is 17.6 Å². The molecule has 0 bridgehead atoms. The summed E-state index contributed by atoms with van der Waals surface area (Å²) in [5.41, 5.74) is -3.22. The average molecular weight is 413 g/mol. The highest BCUT2D eigenvalue weighted by Crippen LogP contribution is 2.27. The number of carbonyl (C=O) groups is 2. The van der Waals surface area contributed by atoms with Gasteiger partial charge in [0.1, 0.15) is 5.82 Å². The van der Waals surface area contributed by atoms with Gasteiger partial charge in [-0.1, -0.05) is 36.4 Å². The van der Waals surface area contributed by atoms with Crippen LogP contribution in [0.25, 0.3) is 0 Å². The zero-order valence-electron chi connectivity index (χ0n) is 15.6. The van der Waals surface area contributed by atoms with Crippen molar-refractivity contribution in [2.75, 3.05) is 13.2 Å². The van der Waals surface area contributed by atoms with Gasteiger partial charge in [0.05, 0.1) is 13.2 Å². The summed E-state index contributed by atoms with van der Waals surface area (Å²) in [5, 5.41) is 2.41. The molecule has 29 heavy (non-hydrogen) atoms. The Morgan fingerprint density at radius 2 is 1.66 bits per heavy atom. The van der Waals surface area contributed by atoms with Gasteiger partial charge in [0.25, 0.3) is 5.91 Å². The number of carbonyl (C=O) groups excluding carboxylic acids is 2. The van der Waals surface area contributed by atoms with Crippen LogP contribution in [0.5, 0.6) is 0 Å². The molecule has 1 atom stereocenters. The maximum atomic E-state index is 14.0. The van der Waals surface area contributed by atoms with E-state index in [0.29, 0.717) is 5.32 Å². The van der Waals surface area contributed by atoms with Crippen LogP contribution in [0.15, 0.2) is 54.6 Å². The smallest absolute Gasteiger partial charge is 0.460 e. The van der Waals surface area contributed by atoms with Gasteiger partial charge in [-0.3, -0.25) is 10.1 Å². The SMILES string of the molecule is CCOC(=O)[C@@](NC(=O)c1ccccc1)([NH2+]CCc1ccccc1F)C(F)(F)F. The van der Waals surface area contributed by atoms with Crippen LogP contribution in [0, 0.1) is 5.82 Å². The number of ether oxygens (including phenoxy) is 1. The Bertz CT molecular complexity index is 843. The lowest BCUT2D eigenvalue weighted by Crippen LogP contribution is -3.07. The van der Waals surface area contributed by atoms with E-state index in [2.05, 4.69) is 4.74 Å².